The molecule has 0 amide bonds. The zero-order chi connectivity index (χ0) is 70.4. The topological polar surface area (TPSA) is 237 Å². The van der Waals surface area contributed by atoms with Crippen molar-refractivity contribution in [3.63, 3.8) is 0 Å². The molecule has 5 atom stereocenters. The van der Waals surface area contributed by atoms with Crippen molar-refractivity contribution in [1.29, 1.82) is 0 Å². The first kappa shape index (κ1) is 94.1. The molecule has 570 valence electrons. The second-order valence-electron chi connectivity index (χ2n) is 27.7. The Kier molecular flexibility index (Phi) is 70.0. The Morgan fingerprint density at radius 2 is 0.417 bits per heavy atom. The summed E-state index contributed by atoms with van der Waals surface area (Å²) < 4.78 is 68.5. The van der Waals surface area contributed by atoms with Crippen LogP contribution in [0.15, 0.2) is 0 Å². The summed E-state index contributed by atoms with van der Waals surface area (Å²) in [6.07, 6.45) is 62.4. The Labute approximate surface area is 588 Å². The highest BCUT2D eigenvalue weighted by Gasteiger charge is 2.30. The van der Waals surface area contributed by atoms with Crippen LogP contribution in [0.25, 0.3) is 0 Å². The van der Waals surface area contributed by atoms with Gasteiger partial charge in [0, 0.05) is 25.7 Å². The molecule has 0 radical (unpaired) electrons. The molecule has 0 aliphatic carbocycles. The molecule has 0 bridgehead atoms. The van der Waals surface area contributed by atoms with Crippen LogP contribution in [0.5, 0.6) is 0 Å². The third-order valence-corrected chi connectivity index (χ3v) is 20.0. The maximum atomic E-state index is 13.1. The van der Waals surface area contributed by atoms with E-state index in [1.807, 2.05) is 0 Å². The van der Waals surface area contributed by atoms with Gasteiger partial charge in [-0.1, -0.05) is 362 Å². The molecule has 0 rings (SSSR count). The van der Waals surface area contributed by atoms with Gasteiger partial charge < -0.3 is 33.8 Å². The van der Waals surface area contributed by atoms with Crippen LogP contribution in [0, 0.1) is 0 Å². The van der Waals surface area contributed by atoms with Crippen LogP contribution < -0.4 is 0 Å². The average molecular weight is 1410 g/mol. The van der Waals surface area contributed by atoms with E-state index in [9.17, 15) is 43.2 Å². The number of ether oxygens (including phenoxy) is 4. The summed E-state index contributed by atoms with van der Waals surface area (Å²) in [6, 6.07) is 0. The molecule has 3 N–H and O–H groups in total. The van der Waals surface area contributed by atoms with Crippen LogP contribution in [0.1, 0.15) is 413 Å². The van der Waals surface area contributed by atoms with Gasteiger partial charge >= 0.3 is 39.5 Å². The van der Waals surface area contributed by atoms with Gasteiger partial charge in [0.25, 0.3) is 0 Å². The highest BCUT2D eigenvalue weighted by Crippen LogP contribution is 2.45. The standard InChI is InChI=1S/C77H150O17P2/c1-5-9-13-17-21-25-28-31-33-34-35-36-37-38-41-44-48-52-56-60-64-77(82)94-73(68-88-75(80)62-58-54-50-46-42-40-32-29-26-22-18-14-10-6-2)70-92-96(85,86)90-66-71(78)65-89-95(83,84)91-69-72(67-87-74(79)61-57-53-49-45-24-20-16-12-8-4)93-76(81)63-59-55-51-47-43-39-30-27-23-19-15-11-7-3/h71-73,78H,5-70H2,1-4H3,(H,83,84)(H,85,86)/t71-,72+,73+/m0/s1. The van der Waals surface area contributed by atoms with E-state index in [0.717, 1.165) is 89.9 Å². The van der Waals surface area contributed by atoms with Crippen molar-refractivity contribution in [3.8, 4) is 0 Å². The summed E-state index contributed by atoms with van der Waals surface area (Å²) in [5, 5.41) is 10.6. The maximum absolute atomic E-state index is 13.1. The summed E-state index contributed by atoms with van der Waals surface area (Å²) >= 11 is 0. The molecular weight excluding hydrogens is 1260 g/mol. The number of carbonyl (C=O) groups excluding carboxylic acids is 4. The number of aliphatic hydroxyl groups is 1. The molecule has 0 heterocycles. The minimum absolute atomic E-state index is 0.108. The zero-order valence-electron chi connectivity index (χ0n) is 62.4. The summed E-state index contributed by atoms with van der Waals surface area (Å²) in [4.78, 5) is 72.8. The first-order chi connectivity index (χ1) is 46.7. The van der Waals surface area contributed by atoms with Crippen molar-refractivity contribution in [3.05, 3.63) is 0 Å². The zero-order valence-corrected chi connectivity index (χ0v) is 64.1. The molecule has 0 aromatic rings. The lowest BCUT2D eigenvalue weighted by atomic mass is 10.0. The molecule has 0 aliphatic rings. The molecule has 19 heteroatoms. The van der Waals surface area contributed by atoms with Crippen molar-refractivity contribution in [2.45, 2.75) is 431 Å². The monoisotopic (exact) mass is 1410 g/mol. The number of phosphoric ester groups is 2. The number of phosphoric acid groups is 2. The SMILES string of the molecule is CCCCCCCCCCCCCCCCCCCCCCC(=O)O[C@H](COC(=O)CCCCCCCCCCCCCCCC)COP(=O)(O)OC[C@@H](O)COP(=O)(O)OC[C@@H](COC(=O)CCCCCCCCCCC)OC(=O)CCCCCCCCCCCCCCC. The van der Waals surface area contributed by atoms with E-state index in [4.69, 9.17) is 37.0 Å². The predicted octanol–water partition coefficient (Wildman–Crippen LogP) is 23.0. The second kappa shape index (κ2) is 71.5. The highest BCUT2D eigenvalue weighted by atomic mass is 31.2. The van der Waals surface area contributed by atoms with Gasteiger partial charge in [0.2, 0.25) is 0 Å². The van der Waals surface area contributed by atoms with Crippen LogP contribution in [0.2, 0.25) is 0 Å². The van der Waals surface area contributed by atoms with Crippen LogP contribution >= 0.6 is 15.6 Å². The number of unbranched alkanes of at least 4 members (excludes halogenated alkanes) is 52. The molecule has 0 aromatic carbocycles. The van der Waals surface area contributed by atoms with Gasteiger partial charge in [-0.15, -0.1) is 0 Å². The normalized spacial score (nSPS) is 13.9. The number of carbonyl (C=O) groups is 4. The Hall–Kier alpha value is -1.94. The van der Waals surface area contributed by atoms with Gasteiger partial charge in [0.05, 0.1) is 26.4 Å². The van der Waals surface area contributed by atoms with E-state index in [1.165, 1.54) is 244 Å². The van der Waals surface area contributed by atoms with Gasteiger partial charge in [0.15, 0.2) is 12.2 Å². The molecule has 0 spiro atoms. The Balaban J connectivity index is 5.20. The summed E-state index contributed by atoms with van der Waals surface area (Å²) in [7, 11) is -9.91. The van der Waals surface area contributed by atoms with E-state index in [0.29, 0.717) is 25.7 Å². The van der Waals surface area contributed by atoms with Crippen molar-refractivity contribution in [1.82, 2.24) is 0 Å². The average Bonchev–Trinajstić information content (AvgIpc) is 3.30. The van der Waals surface area contributed by atoms with Crippen molar-refractivity contribution < 1.29 is 80.2 Å². The van der Waals surface area contributed by atoms with E-state index in [-0.39, 0.29) is 25.7 Å². The van der Waals surface area contributed by atoms with Crippen LogP contribution in [0.4, 0.5) is 0 Å². The quantitative estimate of drug-likeness (QED) is 0.0222. The molecular formula is C77H150O17P2. The Bertz CT molecular complexity index is 1830. The Morgan fingerprint density at radius 3 is 0.615 bits per heavy atom. The lowest BCUT2D eigenvalue weighted by Gasteiger charge is -2.21. The van der Waals surface area contributed by atoms with E-state index < -0.39 is 97.5 Å². The summed E-state index contributed by atoms with van der Waals surface area (Å²) in [5.74, 6) is -2.11. The maximum Gasteiger partial charge on any atom is 0.472 e. The van der Waals surface area contributed by atoms with Gasteiger partial charge in [-0.05, 0) is 25.7 Å². The van der Waals surface area contributed by atoms with Crippen LogP contribution in [-0.2, 0) is 65.4 Å². The van der Waals surface area contributed by atoms with Gasteiger partial charge in [-0.3, -0.25) is 37.3 Å². The predicted molar refractivity (Wildman–Crippen MR) is 391 cm³/mol. The molecule has 0 saturated heterocycles. The number of aliphatic hydroxyl groups excluding tert-OH is 1. The van der Waals surface area contributed by atoms with Crippen molar-refractivity contribution >= 4 is 39.5 Å². The minimum Gasteiger partial charge on any atom is -0.462 e. The third-order valence-electron chi connectivity index (χ3n) is 18.1. The first-order valence-electron chi connectivity index (χ1n) is 40.3. The number of rotatable bonds is 78. The molecule has 96 heavy (non-hydrogen) atoms. The fourth-order valence-corrected chi connectivity index (χ4v) is 13.5. The molecule has 17 nitrogen and oxygen atoms in total. The second-order valence-corrected chi connectivity index (χ2v) is 30.7. The molecule has 0 saturated carbocycles. The van der Waals surface area contributed by atoms with Crippen LogP contribution in [-0.4, -0.2) is 96.7 Å². The summed E-state index contributed by atoms with van der Waals surface area (Å²) in [6.45, 7) is 4.99. The van der Waals surface area contributed by atoms with Crippen molar-refractivity contribution in [2.75, 3.05) is 39.6 Å². The fourth-order valence-electron chi connectivity index (χ4n) is 11.9. The Morgan fingerprint density at radius 1 is 0.250 bits per heavy atom. The fraction of sp³-hybridized carbons (Fsp3) is 0.948. The van der Waals surface area contributed by atoms with E-state index in [1.54, 1.807) is 0 Å². The van der Waals surface area contributed by atoms with Gasteiger partial charge in [-0.25, -0.2) is 9.13 Å². The molecule has 0 fully saturated rings. The van der Waals surface area contributed by atoms with Gasteiger partial charge in [-0.2, -0.15) is 0 Å². The van der Waals surface area contributed by atoms with Gasteiger partial charge in [0.1, 0.15) is 19.3 Å². The minimum atomic E-state index is -4.96. The summed E-state index contributed by atoms with van der Waals surface area (Å²) in [5.41, 5.74) is 0. The smallest absolute Gasteiger partial charge is 0.462 e. The lowest BCUT2D eigenvalue weighted by Crippen LogP contribution is -2.30. The number of hydrogen-bond acceptors (Lipinski definition) is 15. The van der Waals surface area contributed by atoms with E-state index >= 15 is 0 Å². The molecule has 0 aromatic heterocycles. The first-order valence-corrected chi connectivity index (χ1v) is 43.3. The van der Waals surface area contributed by atoms with E-state index in [2.05, 4.69) is 27.7 Å². The molecule has 0 aliphatic heterocycles. The number of esters is 4. The highest BCUT2D eigenvalue weighted by molar-refractivity contribution is 7.47. The van der Waals surface area contributed by atoms with Crippen molar-refractivity contribution in [2.24, 2.45) is 0 Å². The van der Waals surface area contributed by atoms with Crippen LogP contribution in [0.3, 0.4) is 0 Å². The number of hydrogen-bond donors (Lipinski definition) is 3. The molecule has 2 unspecified atom stereocenters. The lowest BCUT2D eigenvalue weighted by molar-refractivity contribution is -0.161. The largest absolute Gasteiger partial charge is 0.472 e. The third kappa shape index (κ3) is 70.5.